The van der Waals surface area contributed by atoms with Crippen LogP contribution in [0.2, 0.25) is 0 Å². The molecule has 2 aromatic rings. The van der Waals surface area contributed by atoms with Gasteiger partial charge in [0.2, 0.25) is 10.0 Å². The maximum absolute atomic E-state index is 12.6. The summed E-state index contributed by atoms with van der Waals surface area (Å²) in [5.41, 5.74) is 1.24. The van der Waals surface area contributed by atoms with E-state index in [4.69, 9.17) is 4.74 Å². The zero-order chi connectivity index (χ0) is 18.7. The Morgan fingerprint density at radius 1 is 1.15 bits per heavy atom. The molecule has 6 nitrogen and oxygen atoms in total. The first-order valence-electron chi connectivity index (χ1n) is 8.47. The Kier molecular flexibility index (Phi) is 5.29. The first-order chi connectivity index (χ1) is 12.4. The van der Waals surface area contributed by atoms with Crippen molar-refractivity contribution in [1.29, 1.82) is 0 Å². The standard InChI is InChI=1S/C19H22N2O4S/c1-13(14-6-4-3-5-7-14)20-19(22)15-8-11-17(25-2)18(12-15)26(23,24)21-16-9-10-16/h3-8,11-13,16,21H,9-10H2,1-2H3,(H,20,22)/t13-/m0/s1. The summed E-state index contributed by atoms with van der Waals surface area (Å²) < 4.78 is 32.9. The minimum Gasteiger partial charge on any atom is -0.495 e. The van der Waals surface area contributed by atoms with E-state index >= 15 is 0 Å². The molecular weight excluding hydrogens is 352 g/mol. The van der Waals surface area contributed by atoms with Gasteiger partial charge in [-0.15, -0.1) is 0 Å². The number of rotatable bonds is 7. The number of hydrogen-bond acceptors (Lipinski definition) is 4. The van der Waals surface area contributed by atoms with Gasteiger partial charge in [-0.1, -0.05) is 30.3 Å². The van der Waals surface area contributed by atoms with Crippen molar-refractivity contribution in [1.82, 2.24) is 10.0 Å². The summed E-state index contributed by atoms with van der Waals surface area (Å²) in [6.45, 7) is 1.88. The molecule has 7 heteroatoms. The van der Waals surface area contributed by atoms with Crippen molar-refractivity contribution < 1.29 is 17.9 Å². The third-order valence-corrected chi connectivity index (χ3v) is 5.80. The molecule has 0 aliphatic heterocycles. The molecule has 1 saturated carbocycles. The molecular formula is C19H22N2O4S. The maximum Gasteiger partial charge on any atom is 0.251 e. The lowest BCUT2D eigenvalue weighted by molar-refractivity contribution is 0.0939. The molecule has 1 aliphatic rings. The van der Waals surface area contributed by atoms with Gasteiger partial charge in [-0.3, -0.25) is 4.79 Å². The van der Waals surface area contributed by atoms with Crippen LogP contribution >= 0.6 is 0 Å². The molecule has 26 heavy (non-hydrogen) atoms. The fraction of sp³-hybridized carbons (Fsp3) is 0.316. The summed E-state index contributed by atoms with van der Waals surface area (Å²) in [5, 5.41) is 2.89. The van der Waals surface area contributed by atoms with Crippen molar-refractivity contribution in [3.8, 4) is 5.75 Å². The zero-order valence-electron chi connectivity index (χ0n) is 14.7. The van der Waals surface area contributed by atoms with Gasteiger partial charge in [-0.25, -0.2) is 13.1 Å². The fourth-order valence-corrected chi connectivity index (χ4v) is 4.12. The minimum absolute atomic E-state index is 0.0214. The molecule has 0 radical (unpaired) electrons. The number of hydrogen-bond donors (Lipinski definition) is 2. The van der Waals surface area contributed by atoms with E-state index in [0.29, 0.717) is 0 Å². The molecule has 138 valence electrons. The molecule has 1 amide bonds. The van der Waals surface area contributed by atoms with Crippen LogP contribution in [0.3, 0.4) is 0 Å². The Labute approximate surface area is 153 Å². The number of benzene rings is 2. The Morgan fingerprint density at radius 2 is 1.85 bits per heavy atom. The Balaban J connectivity index is 1.83. The normalized spacial score (nSPS) is 15.3. The molecule has 1 atom stereocenters. The van der Waals surface area contributed by atoms with Crippen molar-refractivity contribution in [3.63, 3.8) is 0 Å². The smallest absolute Gasteiger partial charge is 0.251 e. The van der Waals surface area contributed by atoms with Crippen LogP contribution in [0.5, 0.6) is 5.75 Å². The van der Waals surface area contributed by atoms with Crippen molar-refractivity contribution >= 4 is 15.9 Å². The summed E-state index contributed by atoms with van der Waals surface area (Å²) in [7, 11) is -2.33. The van der Waals surface area contributed by atoms with Crippen LogP contribution in [-0.2, 0) is 10.0 Å². The average Bonchev–Trinajstić information content (AvgIpc) is 3.45. The SMILES string of the molecule is COc1ccc(C(=O)N[C@@H](C)c2ccccc2)cc1S(=O)(=O)NC1CC1. The number of sulfonamides is 1. The van der Waals surface area contributed by atoms with E-state index in [0.717, 1.165) is 18.4 Å². The van der Waals surface area contributed by atoms with Crippen LogP contribution in [0.4, 0.5) is 0 Å². The second-order valence-electron chi connectivity index (χ2n) is 6.37. The summed E-state index contributed by atoms with van der Waals surface area (Å²) in [5.74, 6) is -0.127. The topological polar surface area (TPSA) is 84.5 Å². The lowest BCUT2D eigenvalue weighted by Gasteiger charge is -2.16. The molecule has 0 heterocycles. The van der Waals surface area contributed by atoms with Crippen molar-refractivity contribution in [2.24, 2.45) is 0 Å². The number of carbonyl (C=O) groups excluding carboxylic acids is 1. The van der Waals surface area contributed by atoms with Gasteiger partial charge in [0.15, 0.2) is 0 Å². The van der Waals surface area contributed by atoms with Crippen LogP contribution in [0.1, 0.15) is 41.7 Å². The number of amides is 1. The van der Waals surface area contributed by atoms with E-state index in [-0.39, 0.29) is 34.2 Å². The van der Waals surface area contributed by atoms with E-state index in [1.54, 1.807) is 6.07 Å². The van der Waals surface area contributed by atoms with Crippen molar-refractivity contribution in [2.45, 2.75) is 36.7 Å². The molecule has 1 fully saturated rings. The summed E-state index contributed by atoms with van der Waals surface area (Å²) >= 11 is 0. The maximum atomic E-state index is 12.6. The molecule has 0 aromatic heterocycles. The minimum atomic E-state index is -3.73. The van der Waals surface area contributed by atoms with E-state index in [9.17, 15) is 13.2 Å². The second kappa shape index (κ2) is 7.47. The summed E-state index contributed by atoms with van der Waals surface area (Å²) in [4.78, 5) is 12.6. The molecule has 0 saturated heterocycles. The van der Waals surface area contributed by atoms with Crippen LogP contribution in [-0.4, -0.2) is 27.5 Å². The highest BCUT2D eigenvalue weighted by Gasteiger charge is 2.30. The summed E-state index contributed by atoms with van der Waals surface area (Å²) in [6, 6.07) is 13.8. The molecule has 0 unspecified atom stereocenters. The van der Waals surface area contributed by atoms with E-state index in [2.05, 4.69) is 10.0 Å². The van der Waals surface area contributed by atoms with Crippen LogP contribution < -0.4 is 14.8 Å². The van der Waals surface area contributed by atoms with Crippen molar-refractivity contribution in [3.05, 3.63) is 59.7 Å². The lowest BCUT2D eigenvalue weighted by Crippen LogP contribution is -2.28. The van der Waals surface area contributed by atoms with Gasteiger partial charge >= 0.3 is 0 Å². The van der Waals surface area contributed by atoms with Gasteiger partial charge in [-0.2, -0.15) is 0 Å². The fourth-order valence-electron chi connectivity index (χ4n) is 2.62. The molecule has 0 spiro atoms. The first kappa shape index (κ1) is 18.4. The third-order valence-electron chi connectivity index (χ3n) is 4.26. The quantitative estimate of drug-likeness (QED) is 0.780. The highest BCUT2D eigenvalue weighted by atomic mass is 32.2. The van der Waals surface area contributed by atoms with Crippen LogP contribution in [0.25, 0.3) is 0 Å². The zero-order valence-corrected chi connectivity index (χ0v) is 15.5. The predicted molar refractivity (Wildman–Crippen MR) is 98.7 cm³/mol. The predicted octanol–water partition coefficient (Wildman–Crippen LogP) is 2.63. The molecule has 0 bridgehead atoms. The van der Waals surface area contributed by atoms with E-state index in [1.165, 1.54) is 19.2 Å². The number of methoxy groups -OCH3 is 1. The van der Waals surface area contributed by atoms with Gasteiger partial charge in [-0.05, 0) is 43.5 Å². The molecule has 1 aliphatic carbocycles. The van der Waals surface area contributed by atoms with Crippen LogP contribution in [0, 0.1) is 0 Å². The highest BCUT2D eigenvalue weighted by molar-refractivity contribution is 7.89. The molecule has 2 N–H and O–H groups in total. The number of nitrogens with one attached hydrogen (secondary N) is 2. The monoisotopic (exact) mass is 374 g/mol. The van der Waals surface area contributed by atoms with Gasteiger partial charge in [0.1, 0.15) is 10.6 Å². The molecule has 2 aromatic carbocycles. The van der Waals surface area contributed by atoms with Gasteiger partial charge < -0.3 is 10.1 Å². The van der Waals surface area contributed by atoms with E-state index < -0.39 is 10.0 Å². The Morgan fingerprint density at radius 3 is 2.46 bits per heavy atom. The number of ether oxygens (including phenoxy) is 1. The first-order valence-corrected chi connectivity index (χ1v) is 9.95. The van der Waals surface area contributed by atoms with Gasteiger partial charge in [0.05, 0.1) is 13.2 Å². The highest BCUT2D eigenvalue weighted by Crippen LogP contribution is 2.28. The van der Waals surface area contributed by atoms with Gasteiger partial charge in [0, 0.05) is 11.6 Å². The second-order valence-corrected chi connectivity index (χ2v) is 8.05. The van der Waals surface area contributed by atoms with Gasteiger partial charge in [0.25, 0.3) is 5.91 Å². The largest absolute Gasteiger partial charge is 0.495 e. The number of carbonyl (C=O) groups is 1. The van der Waals surface area contributed by atoms with Crippen LogP contribution in [0.15, 0.2) is 53.4 Å². The lowest BCUT2D eigenvalue weighted by atomic mass is 10.1. The molecule has 3 rings (SSSR count). The average molecular weight is 374 g/mol. The Hall–Kier alpha value is -2.38. The third kappa shape index (κ3) is 4.23. The Bertz CT molecular complexity index is 893. The van der Waals surface area contributed by atoms with Crippen molar-refractivity contribution in [2.75, 3.05) is 7.11 Å². The van der Waals surface area contributed by atoms with E-state index in [1.807, 2.05) is 37.3 Å². The summed E-state index contributed by atoms with van der Waals surface area (Å²) in [6.07, 6.45) is 1.66.